The van der Waals surface area contributed by atoms with Crippen LogP contribution in [-0.4, -0.2) is 15.3 Å². The summed E-state index contributed by atoms with van der Waals surface area (Å²) in [4.78, 5) is 15.9. The molecule has 0 saturated carbocycles. The molecule has 0 aliphatic heterocycles. The van der Waals surface area contributed by atoms with E-state index in [9.17, 15) is 4.79 Å². The number of ketones is 1. The quantitative estimate of drug-likeness (QED) is 0.733. The van der Waals surface area contributed by atoms with Crippen molar-refractivity contribution in [1.29, 1.82) is 0 Å². The number of carbonyl (C=O) groups is 1. The van der Waals surface area contributed by atoms with E-state index >= 15 is 0 Å². The van der Waals surface area contributed by atoms with Gasteiger partial charge in [0.05, 0.1) is 0 Å². The van der Waals surface area contributed by atoms with Gasteiger partial charge in [-0.3, -0.25) is 4.79 Å². The predicted octanol–water partition coefficient (Wildman–Crippen LogP) is 1.82. The Balaban J connectivity index is 2.62. The van der Waals surface area contributed by atoms with Crippen LogP contribution in [-0.2, 0) is 18.3 Å². The SMILES string of the molecule is CC(C)C(=O)C(C)Cc1nccn1C. The second-order valence-corrected chi connectivity index (χ2v) is 4.12. The lowest BCUT2D eigenvalue weighted by Gasteiger charge is -2.12. The first-order valence-electron chi connectivity index (χ1n) is 5.02. The van der Waals surface area contributed by atoms with E-state index in [0.717, 1.165) is 12.2 Å². The lowest BCUT2D eigenvalue weighted by atomic mass is 9.94. The molecular weight excluding hydrogens is 176 g/mol. The second kappa shape index (κ2) is 4.40. The van der Waals surface area contributed by atoms with Crippen molar-refractivity contribution >= 4 is 5.78 Å². The molecule has 0 aromatic carbocycles. The molecule has 0 amide bonds. The molecule has 1 aromatic heterocycles. The van der Waals surface area contributed by atoms with Crippen molar-refractivity contribution in [2.24, 2.45) is 18.9 Å². The zero-order chi connectivity index (χ0) is 10.7. The summed E-state index contributed by atoms with van der Waals surface area (Å²) in [6, 6.07) is 0. The molecule has 1 rings (SSSR count). The largest absolute Gasteiger partial charge is 0.338 e. The number of aryl methyl sites for hydroxylation is 1. The standard InChI is InChI=1S/C11H18N2O/c1-8(2)11(14)9(3)7-10-12-5-6-13(10)4/h5-6,8-9H,7H2,1-4H3. The number of imidazole rings is 1. The number of rotatable bonds is 4. The fraction of sp³-hybridized carbons (Fsp3) is 0.636. The van der Waals surface area contributed by atoms with Crippen LogP contribution < -0.4 is 0 Å². The predicted molar refractivity (Wildman–Crippen MR) is 55.9 cm³/mol. The second-order valence-electron chi connectivity index (χ2n) is 4.12. The molecular formula is C11H18N2O. The average Bonchev–Trinajstić information content (AvgIpc) is 2.50. The minimum Gasteiger partial charge on any atom is -0.338 e. The van der Waals surface area contributed by atoms with Gasteiger partial charge in [0.25, 0.3) is 0 Å². The Labute approximate surface area is 85.2 Å². The highest BCUT2D eigenvalue weighted by Gasteiger charge is 2.18. The molecule has 3 heteroatoms. The Morgan fingerprint density at radius 2 is 2.14 bits per heavy atom. The summed E-state index contributed by atoms with van der Waals surface area (Å²) in [6.07, 6.45) is 4.41. The highest BCUT2D eigenvalue weighted by Crippen LogP contribution is 2.11. The van der Waals surface area contributed by atoms with Gasteiger partial charge in [0, 0.05) is 37.7 Å². The third-order valence-corrected chi connectivity index (χ3v) is 2.46. The van der Waals surface area contributed by atoms with Crippen LogP contribution >= 0.6 is 0 Å². The molecule has 14 heavy (non-hydrogen) atoms. The first-order valence-corrected chi connectivity index (χ1v) is 5.02. The Hall–Kier alpha value is -1.12. The number of hydrogen-bond acceptors (Lipinski definition) is 2. The fourth-order valence-electron chi connectivity index (χ4n) is 1.54. The third kappa shape index (κ3) is 2.44. The van der Waals surface area contributed by atoms with Crippen LogP contribution in [0.25, 0.3) is 0 Å². The van der Waals surface area contributed by atoms with Crippen LogP contribution in [0.15, 0.2) is 12.4 Å². The van der Waals surface area contributed by atoms with Crippen molar-refractivity contribution in [2.75, 3.05) is 0 Å². The molecule has 0 saturated heterocycles. The van der Waals surface area contributed by atoms with Crippen molar-refractivity contribution in [2.45, 2.75) is 27.2 Å². The van der Waals surface area contributed by atoms with E-state index in [4.69, 9.17) is 0 Å². The molecule has 3 nitrogen and oxygen atoms in total. The van der Waals surface area contributed by atoms with Gasteiger partial charge in [-0.05, 0) is 0 Å². The zero-order valence-corrected chi connectivity index (χ0v) is 9.32. The summed E-state index contributed by atoms with van der Waals surface area (Å²) >= 11 is 0. The van der Waals surface area contributed by atoms with Gasteiger partial charge in [0.15, 0.2) is 0 Å². The van der Waals surface area contributed by atoms with Crippen molar-refractivity contribution in [3.63, 3.8) is 0 Å². The van der Waals surface area contributed by atoms with E-state index < -0.39 is 0 Å². The van der Waals surface area contributed by atoms with E-state index in [0.29, 0.717) is 5.78 Å². The van der Waals surface area contributed by atoms with Crippen LogP contribution in [0.4, 0.5) is 0 Å². The van der Waals surface area contributed by atoms with Crippen molar-refractivity contribution in [1.82, 2.24) is 9.55 Å². The summed E-state index contributed by atoms with van der Waals surface area (Å²) in [5.41, 5.74) is 0. The smallest absolute Gasteiger partial charge is 0.138 e. The van der Waals surface area contributed by atoms with Gasteiger partial charge in [0.1, 0.15) is 11.6 Å². The Kier molecular flexibility index (Phi) is 3.44. The van der Waals surface area contributed by atoms with Crippen LogP contribution in [0.3, 0.4) is 0 Å². The van der Waals surface area contributed by atoms with Crippen molar-refractivity contribution < 1.29 is 4.79 Å². The lowest BCUT2D eigenvalue weighted by molar-refractivity contribution is -0.125. The fourth-order valence-corrected chi connectivity index (χ4v) is 1.54. The number of aromatic nitrogens is 2. The number of nitrogens with zero attached hydrogens (tertiary/aromatic N) is 2. The molecule has 0 radical (unpaired) electrons. The molecule has 0 spiro atoms. The molecule has 0 fully saturated rings. The summed E-state index contributed by atoms with van der Waals surface area (Å²) in [5, 5.41) is 0. The normalized spacial score (nSPS) is 13.2. The van der Waals surface area contributed by atoms with E-state index in [1.54, 1.807) is 6.20 Å². The van der Waals surface area contributed by atoms with Gasteiger partial charge < -0.3 is 4.57 Å². The summed E-state index contributed by atoms with van der Waals surface area (Å²) in [7, 11) is 1.95. The van der Waals surface area contributed by atoms with Crippen molar-refractivity contribution in [3.8, 4) is 0 Å². The lowest BCUT2D eigenvalue weighted by Crippen LogP contribution is -2.20. The monoisotopic (exact) mass is 194 g/mol. The van der Waals surface area contributed by atoms with Crippen LogP contribution in [0.2, 0.25) is 0 Å². The van der Waals surface area contributed by atoms with Gasteiger partial charge in [-0.15, -0.1) is 0 Å². The molecule has 1 aromatic rings. The average molecular weight is 194 g/mol. The minimum atomic E-state index is 0.0658. The minimum absolute atomic E-state index is 0.0658. The van der Waals surface area contributed by atoms with Crippen molar-refractivity contribution in [3.05, 3.63) is 18.2 Å². The van der Waals surface area contributed by atoms with E-state index in [2.05, 4.69) is 4.98 Å². The Morgan fingerprint density at radius 1 is 1.50 bits per heavy atom. The van der Waals surface area contributed by atoms with E-state index in [-0.39, 0.29) is 11.8 Å². The first-order chi connectivity index (χ1) is 6.52. The molecule has 0 aliphatic carbocycles. The number of hydrogen-bond donors (Lipinski definition) is 0. The molecule has 0 aliphatic rings. The molecule has 78 valence electrons. The highest BCUT2D eigenvalue weighted by atomic mass is 16.1. The molecule has 0 N–H and O–H groups in total. The van der Waals surface area contributed by atoms with E-state index in [1.165, 1.54) is 0 Å². The topological polar surface area (TPSA) is 34.9 Å². The number of carbonyl (C=O) groups excluding carboxylic acids is 1. The number of Topliss-reactive ketones (excluding diaryl/α,β-unsaturated/α-hetero) is 1. The summed E-state index contributed by atoms with van der Waals surface area (Å²) in [6.45, 7) is 5.85. The summed E-state index contributed by atoms with van der Waals surface area (Å²) < 4.78 is 1.96. The van der Waals surface area contributed by atoms with Gasteiger partial charge in [-0.25, -0.2) is 4.98 Å². The van der Waals surface area contributed by atoms with Gasteiger partial charge in [0.2, 0.25) is 0 Å². The van der Waals surface area contributed by atoms with Crippen LogP contribution in [0.1, 0.15) is 26.6 Å². The molecule has 0 bridgehead atoms. The zero-order valence-electron chi connectivity index (χ0n) is 9.32. The maximum absolute atomic E-state index is 11.6. The summed E-state index contributed by atoms with van der Waals surface area (Å²) in [5.74, 6) is 1.47. The molecule has 1 unspecified atom stereocenters. The Morgan fingerprint density at radius 3 is 2.57 bits per heavy atom. The first kappa shape index (κ1) is 11.0. The van der Waals surface area contributed by atoms with Crippen LogP contribution in [0, 0.1) is 11.8 Å². The molecule has 1 atom stereocenters. The Bertz CT molecular complexity index is 315. The van der Waals surface area contributed by atoms with Gasteiger partial charge in [-0.1, -0.05) is 20.8 Å². The van der Waals surface area contributed by atoms with E-state index in [1.807, 2.05) is 38.6 Å². The third-order valence-electron chi connectivity index (χ3n) is 2.46. The maximum atomic E-state index is 11.6. The molecule has 1 heterocycles. The highest BCUT2D eigenvalue weighted by molar-refractivity contribution is 5.82. The van der Waals surface area contributed by atoms with Gasteiger partial charge in [-0.2, -0.15) is 0 Å². The maximum Gasteiger partial charge on any atom is 0.138 e. The van der Waals surface area contributed by atoms with Crippen LogP contribution in [0.5, 0.6) is 0 Å². The van der Waals surface area contributed by atoms with Gasteiger partial charge >= 0.3 is 0 Å².